The fourth-order valence-corrected chi connectivity index (χ4v) is 4.64. The molecular formula is C19H23ClN2O3S. The van der Waals surface area contributed by atoms with Gasteiger partial charge in [0.25, 0.3) is 0 Å². The van der Waals surface area contributed by atoms with E-state index in [1.807, 2.05) is 30.0 Å². The summed E-state index contributed by atoms with van der Waals surface area (Å²) in [6, 6.07) is 10.1. The minimum Gasteiger partial charge on any atom is -0.496 e. The Morgan fingerprint density at radius 1 is 1.23 bits per heavy atom. The molecule has 2 aliphatic rings. The number of thioether (sulfide) groups is 1. The standard InChI is InChI=1S/C19H22N2O3S.ClH/c1-22-16-6-7-20-19-17(16)18(14-4-2-3-5-15(14)24-19)25-13-10-21-8-11-23-12-9-21;/h2-7,18H,8-13H2,1H3;1H. The Morgan fingerprint density at radius 2 is 2.04 bits per heavy atom. The molecule has 4 rings (SSSR count). The van der Waals surface area contributed by atoms with Gasteiger partial charge in [-0.2, -0.15) is 0 Å². The highest BCUT2D eigenvalue weighted by atomic mass is 35.5. The van der Waals surface area contributed by atoms with Crippen LogP contribution in [0.1, 0.15) is 16.4 Å². The van der Waals surface area contributed by atoms with Crippen molar-refractivity contribution in [2.75, 3.05) is 45.7 Å². The number of fused-ring (bicyclic) bond motifs is 2. The maximum absolute atomic E-state index is 6.02. The molecule has 0 N–H and O–H groups in total. The molecule has 1 atom stereocenters. The average Bonchev–Trinajstić information content (AvgIpc) is 2.67. The van der Waals surface area contributed by atoms with E-state index < -0.39 is 0 Å². The number of halogens is 1. The number of methoxy groups -OCH3 is 1. The lowest BCUT2D eigenvalue weighted by Gasteiger charge is -2.30. The van der Waals surface area contributed by atoms with Crippen molar-refractivity contribution in [3.63, 3.8) is 0 Å². The van der Waals surface area contributed by atoms with Gasteiger partial charge >= 0.3 is 0 Å². The zero-order chi connectivity index (χ0) is 17.1. The molecule has 0 aliphatic carbocycles. The van der Waals surface area contributed by atoms with Gasteiger partial charge in [-0.05, 0) is 12.1 Å². The highest BCUT2D eigenvalue weighted by molar-refractivity contribution is 7.99. The Hall–Kier alpha value is -1.47. The van der Waals surface area contributed by atoms with E-state index >= 15 is 0 Å². The minimum atomic E-state index is 0. The molecular weight excluding hydrogens is 372 g/mol. The summed E-state index contributed by atoms with van der Waals surface area (Å²) in [6.07, 6.45) is 1.74. The first kappa shape index (κ1) is 19.3. The molecule has 7 heteroatoms. The Kier molecular flexibility index (Phi) is 6.64. The van der Waals surface area contributed by atoms with Crippen LogP contribution in [0.5, 0.6) is 17.4 Å². The maximum Gasteiger partial charge on any atom is 0.227 e. The maximum atomic E-state index is 6.02. The van der Waals surface area contributed by atoms with Crippen molar-refractivity contribution in [1.29, 1.82) is 0 Å². The lowest BCUT2D eigenvalue weighted by molar-refractivity contribution is 0.0410. The van der Waals surface area contributed by atoms with Crippen molar-refractivity contribution in [3.05, 3.63) is 47.7 Å². The quantitative estimate of drug-likeness (QED) is 0.769. The van der Waals surface area contributed by atoms with Gasteiger partial charge in [0.15, 0.2) is 0 Å². The van der Waals surface area contributed by atoms with E-state index in [1.165, 1.54) is 5.56 Å². The van der Waals surface area contributed by atoms with Crippen LogP contribution in [-0.4, -0.2) is 55.6 Å². The predicted octanol–water partition coefficient (Wildman–Crippen LogP) is 3.77. The van der Waals surface area contributed by atoms with E-state index in [0.717, 1.165) is 55.7 Å². The molecule has 1 fully saturated rings. The van der Waals surface area contributed by atoms with E-state index in [4.69, 9.17) is 14.2 Å². The molecule has 1 unspecified atom stereocenters. The second-order valence-corrected chi connectivity index (χ2v) is 7.29. The summed E-state index contributed by atoms with van der Waals surface area (Å²) >= 11 is 1.92. The second kappa shape index (κ2) is 8.95. The molecule has 2 aromatic rings. The number of benzene rings is 1. The number of para-hydroxylation sites is 1. The molecule has 1 aromatic heterocycles. The number of morpholine rings is 1. The number of rotatable bonds is 5. The number of hydrogen-bond acceptors (Lipinski definition) is 6. The molecule has 0 amide bonds. The fourth-order valence-electron chi connectivity index (χ4n) is 3.29. The van der Waals surface area contributed by atoms with E-state index in [1.54, 1.807) is 13.3 Å². The highest BCUT2D eigenvalue weighted by Gasteiger charge is 2.31. The van der Waals surface area contributed by atoms with Crippen molar-refractivity contribution in [3.8, 4) is 17.4 Å². The van der Waals surface area contributed by atoms with Crippen LogP contribution >= 0.6 is 24.2 Å². The van der Waals surface area contributed by atoms with E-state index in [9.17, 15) is 0 Å². The Balaban J connectivity index is 0.00000196. The number of hydrogen-bond donors (Lipinski definition) is 0. The largest absolute Gasteiger partial charge is 0.496 e. The van der Waals surface area contributed by atoms with Crippen molar-refractivity contribution in [2.24, 2.45) is 0 Å². The van der Waals surface area contributed by atoms with Crippen LogP contribution in [0, 0.1) is 0 Å². The van der Waals surface area contributed by atoms with Gasteiger partial charge in [-0.3, -0.25) is 4.90 Å². The Morgan fingerprint density at radius 3 is 2.85 bits per heavy atom. The number of ether oxygens (including phenoxy) is 3. The van der Waals surface area contributed by atoms with E-state index in [-0.39, 0.29) is 17.7 Å². The smallest absolute Gasteiger partial charge is 0.227 e. The molecule has 1 saturated heterocycles. The minimum absolute atomic E-state index is 0. The third-order valence-corrected chi connectivity index (χ3v) is 5.84. The van der Waals surface area contributed by atoms with Crippen molar-refractivity contribution in [1.82, 2.24) is 9.88 Å². The number of pyridine rings is 1. The lowest BCUT2D eigenvalue weighted by atomic mass is 10.0. The van der Waals surface area contributed by atoms with Crippen LogP contribution in [0.25, 0.3) is 0 Å². The third-order valence-electron chi connectivity index (χ3n) is 4.60. The van der Waals surface area contributed by atoms with Crippen molar-refractivity contribution < 1.29 is 14.2 Å². The van der Waals surface area contributed by atoms with E-state index in [0.29, 0.717) is 5.88 Å². The predicted molar refractivity (Wildman–Crippen MR) is 106 cm³/mol. The summed E-state index contributed by atoms with van der Waals surface area (Å²) < 4.78 is 17.0. The molecule has 3 heterocycles. The molecule has 5 nitrogen and oxygen atoms in total. The molecule has 140 valence electrons. The van der Waals surface area contributed by atoms with Crippen molar-refractivity contribution in [2.45, 2.75) is 5.25 Å². The van der Waals surface area contributed by atoms with Crippen LogP contribution in [0.2, 0.25) is 0 Å². The zero-order valence-corrected chi connectivity index (χ0v) is 16.4. The van der Waals surface area contributed by atoms with Gasteiger partial charge in [-0.15, -0.1) is 24.2 Å². The van der Waals surface area contributed by atoms with Gasteiger partial charge in [0.2, 0.25) is 5.88 Å². The molecule has 0 saturated carbocycles. The molecule has 0 radical (unpaired) electrons. The lowest BCUT2D eigenvalue weighted by Crippen LogP contribution is -2.37. The zero-order valence-electron chi connectivity index (χ0n) is 14.7. The number of aromatic nitrogens is 1. The summed E-state index contributed by atoms with van der Waals surface area (Å²) in [5.74, 6) is 3.42. The van der Waals surface area contributed by atoms with Gasteiger partial charge in [-0.1, -0.05) is 18.2 Å². The SMILES string of the molecule is COc1ccnc2c1C(SCCN1CCOCC1)c1ccccc1O2.Cl. The van der Waals surface area contributed by atoms with Gasteiger partial charge in [0.05, 0.1) is 31.1 Å². The number of nitrogens with zero attached hydrogens (tertiary/aromatic N) is 2. The average molecular weight is 395 g/mol. The topological polar surface area (TPSA) is 43.8 Å². The van der Waals surface area contributed by atoms with Gasteiger partial charge in [0, 0.05) is 37.1 Å². The van der Waals surface area contributed by atoms with Crippen molar-refractivity contribution >= 4 is 24.2 Å². The highest BCUT2D eigenvalue weighted by Crippen LogP contribution is 2.51. The first-order valence-electron chi connectivity index (χ1n) is 8.58. The Bertz CT molecular complexity index is 740. The fraction of sp³-hybridized carbons (Fsp3) is 0.421. The van der Waals surface area contributed by atoms with Crippen LogP contribution in [0.15, 0.2) is 36.5 Å². The van der Waals surface area contributed by atoms with E-state index in [2.05, 4.69) is 22.0 Å². The normalized spacial score (nSPS) is 18.9. The van der Waals surface area contributed by atoms with Gasteiger partial charge in [-0.25, -0.2) is 4.98 Å². The molecule has 0 spiro atoms. The summed E-state index contributed by atoms with van der Waals surface area (Å²) in [5, 5.41) is 0.171. The van der Waals surface area contributed by atoms with Crippen LogP contribution in [-0.2, 0) is 4.74 Å². The monoisotopic (exact) mass is 394 g/mol. The third kappa shape index (κ3) is 3.93. The second-order valence-electron chi connectivity index (χ2n) is 6.08. The first-order valence-corrected chi connectivity index (χ1v) is 9.63. The summed E-state index contributed by atoms with van der Waals surface area (Å²) in [7, 11) is 1.70. The van der Waals surface area contributed by atoms with Gasteiger partial charge in [0.1, 0.15) is 11.5 Å². The van der Waals surface area contributed by atoms with Crippen LogP contribution < -0.4 is 9.47 Å². The summed E-state index contributed by atoms with van der Waals surface area (Å²) in [6.45, 7) is 4.78. The summed E-state index contributed by atoms with van der Waals surface area (Å²) in [5.41, 5.74) is 2.23. The molecule has 26 heavy (non-hydrogen) atoms. The van der Waals surface area contributed by atoms with Gasteiger partial charge < -0.3 is 14.2 Å². The Labute approximate surface area is 164 Å². The van der Waals surface area contributed by atoms with Crippen LogP contribution in [0.3, 0.4) is 0 Å². The first-order chi connectivity index (χ1) is 12.4. The molecule has 2 aliphatic heterocycles. The molecule has 1 aromatic carbocycles. The van der Waals surface area contributed by atoms with Crippen LogP contribution in [0.4, 0.5) is 0 Å². The summed E-state index contributed by atoms with van der Waals surface area (Å²) in [4.78, 5) is 6.89. The molecule has 0 bridgehead atoms.